The van der Waals surface area contributed by atoms with Gasteiger partial charge in [0.25, 0.3) is 11.8 Å². The highest BCUT2D eigenvalue weighted by Gasteiger charge is 2.40. The van der Waals surface area contributed by atoms with Gasteiger partial charge in [0.2, 0.25) is 0 Å². The number of carbonyl (C=O) groups excluding carboxylic acids is 2. The number of halogens is 1. The molecule has 4 nitrogen and oxygen atoms in total. The number of furan rings is 1. The van der Waals surface area contributed by atoms with Gasteiger partial charge in [-0.2, -0.15) is 0 Å². The number of benzene rings is 2. The topological polar surface area (TPSA) is 50.5 Å². The molecule has 4 rings (SSSR count). The van der Waals surface area contributed by atoms with E-state index in [0.717, 1.165) is 5.56 Å². The van der Waals surface area contributed by atoms with Gasteiger partial charge in [-0.15, -0.1) is 11.8 Å². The second-order valence-electron chi connectivity index (χ2n) is 6.36. The van der Waals surface area contributed by atoms with Crippen LogP contribution in [-0.4, -0.2) is 11.8 Å². The van der Waals surface area contributed by atoms with E-state index < -0.39 is 11.7 Å². The van der Waals surface area contributed by atoms with Crippen LogP contribution in [0.5, 0.6) is 0 Å². The molecule has 2 amide bonds. The number of amides is 2. The molecule has 0 N–H and O–H groups in total. The number of carbonyl (C=O) groups is 2. The molecule has 140 valence electrons. The van der Waals surface area contributed by atoms with Crippen LogP contribution in [0.2, 0.25) is 0 Å². The Morgan fingerprint density at radius 2 is 1.79 bits per heavy atom. The fraction of sp³-hybridized carbons (Fsp3) is 0.0909. The minimum Gasteiger partial charge on any atom is -0.468 e. The first-order valence-corrected chi connectivity index (χ1v) is 9.64. The fourth-order valence-corrected chi connectivity index (χ4v) is 4.07. The Morgan fingerprint density at radius 3 is 2.46 bits per heavy atom. The maximum absolute atomic E-state index is 13.4. The summed E-state index contributed by atoms with van der Waals surface area (Å²) in [4.78, 5) is 27.9. The molecular weight excluding hydrogens is 377 g/mol. The number of thioether (sulfide) groups is 1. The van der Waals surface area contributed by atoms with E-state index in [1.54, 1.807) is 30.5 Å². The first-order chi connectivity index (χ1) is 13.5. The molecule has 1 aromatic heterocycles. The molecule has 0 saturated heterocycles. The smallest absolute Gasteiger partial charge is 0.272 e. The van der Waals surface area contributed by atoms with Crippen molar-refractivity contribution in [2.75, 3.05) is 4.90 Å². The predicted octanol–water partition coefficient (Wildman–Crippen LogP) is 4.95. The van der Waals surface area contributed by atoms with Crippen LogP contribution in [0.3, 0.4) is 0 Å². The van der Waals surface area contributed by atoms with E-state index in [-0.39, 0.29) is 11.5 Å². The summed E-state index contributed by atoms with van der Waals surface area (Å²) in [6.07, 6.45) is 1.56. The second kappa shape index (κ2) is 7.48. The standard InChI is InChI=1S/C22H16FNO3S/c1-14-4-2-5-17(12-14)24-21(25)19(15-7-9-16(23)10-8-15)20(22(24)26)28-13-18-6-3-11-27-18/h2-12H,13H2,1H3. The van der Waals surface area contributed by atoms with Crippen molar-refractivity contribution in [3.05, 3.63) is 94.5 Å². The monoisotopic (exact) mass is 393 g/mol. The molecule has 1 aliphatic rings. The summed E-state index contributed by atoms with van der Waals surface area (Å²) in [5.74, 6) is -0.0875. The number of rotatable bonds is 5. The number of imide groups is 1. The van der Waals surface area contributed by atoms with E-state index >= 15 is 0 Å². The molecule has 0 spiro atoms. The minimum absolute atomic E-state index is 0.281. The SMILES string of the molecule is Cc1cccc(N2C(=O)C(SCc3ccco3)=C(c3ccc(F)cc3)C2=O)c1. The number of aryl methyl sites for hydroxylation is 1. The zero-order valence-electron chi connectivity index (χ0n) is 15.0. The first kappa shape index (κ1) is 18.3. The Kier molecular flexibility index (Phi) is 4.88. The normalized spacial score (nSPS) is 14.3. The average molecular weight is 393 g/mol. The molecule has 0 atom stereocenters. The lowest BCUT2D eigenvalue weighted by molar-refractivity contribution is -0.119. The summed E-state index contributed by atoms with van der Waals surface area (Å²) in [5, 5.41) is 0. The highest BCUT2D eigenvalue weighted by Crippen LogP contribution is 2.39. The van der Waals surface area contributed by atoms with E-state index in [1.807, 2.05) is 19.1 Å². The van der Waals surface area contributed by atoms with Gasteiger partial charge in [-0.1, -0.05) is 24.3 Å². The van der Waals surface area contributed by atoms with Crippen molar-refractivity contribution >= 4 is 34.8 Å². The van der Waals surface area contributed by atoms with Crippen molar-refractivity contribution in [3.8, 4) is 0 Å². The Labute approximate surface area is 165 Å². The van der Waals surface area contributed by atoms with Crippen LogP contribution in [0.15, 0.2) is 76.2 Å². The molecule has 1 aliphatic heterocycles. The van der Waals surface area contributed by atoms with Crippen molar-refractivity contribution in [1.29, 1.82) is 0 Å². The molecule has 0 fully saturated rings. The highest BCUT2D eigenvalue weighted by molar-refractivity contribution is 8.03. The zero-order chi connectivity index (χ0) is 19.7. The van der Waals surface area contributed by atoms with E-state index in [4.69, 9.17) is 4.42 Å². The second-order valence-corrected chi connectivity index (χ2v) is 7.35. The number of nitrogens with zero attached hydrogens (tertiary/aromatic N) is 1. The summed E-state index contributed by atoms with van der Waals surface area (Å²) >= 11 is 1.24. The van der Waals surface area contributed by atoms with E-state index in [0.29, 0.717) is 27.7 Å². The Balaban J connectivity index is 1.76. The van der Waals surface area contributed by atoms with E-state index in [1.165, 1.54) is 40.9 Å². The maximum atomic E-state index is 13.4. The van der Waals surface area contributed by atoms with Crippen molar-refractivity contribution in [1.82, 2.24) is 0 Å². The molecular formula is C22H16FNO3S. The van der Waals surface area contributed by atoms with Gasteiger partial charge in [-0.3, -0.25) is 9.59 Å². The third kappa shape index (κ3) is 3.39. The fourth-order valence-electron chi connectivity index (χ4n) is 3.05. The Bertz CT molecular complexity index is 1070. The minimum atomic E-state index is -0.413. The third-order valence-electron chi connectivity index (χ3n) is 4.37. The summed E-state index contributed by atoms with van der Waals surface area (Å²) in [6.45, 7) is 1.90. The largest absolute Gasteiger partial charge is 0.468 e. The maximum Gasteiger partial charge on any atom is 0.272 e. The average Bonchev–Trinajstić information content (AvgIpc) is 3.27. The van der Waals surface area contributed by atoms with Crippen molar-refractivity contribution in [2.24, 2.45) is 0 Å². The molecule has 0 bridgehead atoms. The zero-order valence-corrected chi connectivity index (χ0v) is 15.8. The van der Waals surface area contributed by atoms with E-state index in [2.05, 4.69) is 0 Å². The molecule has 2 heterocycles. The molecule has 2 aromatic carbocycles. The van der Waals surface area contributed by atoms with Crippen molar-refractivity contribution in [2.45, 2.75) is 12.7 Å². The molecule has 6 heteroatoms. The molecule has 0 unspecified atom stereocenters. The van der Waals surface area contributed by atoms with Gasteiger partial charge in [0.15, 0.2) is 0 Å². The van der Waals surface area contributed by atoms with Crippen LogP contribution < -0.4 is 4.90 Å². The number of anilines is 1. The van der Waals surface area contributed by atoms with Gasteiger partial charge >= 0.3 is 0 Å². The van der Waals surface area contributed by atoms with Gasteiger partial charge in [0, 0.05) is 0 Å². The molecule has 0 radical (unpaired) electrons. The Hall–Kier alpha value is -3.12. The van der Waals surface area contributed by atoms with Gasteiger partial charge in [0.05, 0.1) is 28.2 Å². The number of hydrogen-bond donors (Lipinski definition) is 0. The summed E-state index contributed by atoms with van der Waals surface area (Å²) < 4.78 is 18.7. The van der Waals surface area contributed by atoms with Gasteiger partial charge in [0.1, 0.15) is 11.6 Å². The van der Waals surface area contributed by atoms with Crippen LogP contribution >= 0.6 is 11.8 Å². The lowest BCUT2D eigenvalue weighted by Crippen LogP contribution is -2.31. The van der Waals surface area contributed by atoms with Crippen LogP contribution in [0, 0.1) is 12.7 Å². The van der Waals surface area contributed by atoms with Crippen LogP contribution in [0.4, 0.5) is 10.1 Å². The lowest BCUT2D eigenvalue weighted by atomic mass is 10.1. The van der Waals surface area contributed by atoms with E-state index in [9.17, 15) is 14.0 Å². The summed E-state index contributed by atoms with van der Waals surface area (Å²) in [7, 11) is 0. The van der Waals surface area contributed by atoms with Crippen LogP contribution in [0.25, 0.3) is 5.57 Å². The molecule has 28 heavy (non-hydrogen) atoms. The lowest BCUT2D eigenvalue weighted by Gasteiger charge is -2.15. The molecule has 3 aromatic rings. The third-order valence-corrected chi connectivity index (χ3v) is 5.47. The number of hydrogen-bond acceptors (Lipinski definition) is 4. The van der Waals surface area contributed by atoms with Gasteiger partial charge in [-0.05, 0) is 54.4 Å². The summed E-state index contributed by atoms with van der Waals surface area (Å²) in [5.41, 5.74) is 2.25. The van der Waals surface area contributed by atoms with Gasteiger partial charge in [-0.25, -0.2) is 9.29 Å². The highest BCUT2D eigenvalue weighted by atomic mass is 32.2. The van der Waals surface area contributed by atoms with Crippen molar-refractivity contribution < 1.29 is 18.4 Å². The molecule has 0 aliphatic carbocycles. The predicted molar refractivity (Wildman–Crippen MR) is 107 cm³/mol. The first-order valence-electron chi connectivity index (χ1n) is 8.65. The molecule has 0 saturated carbocycles. The summed E-state index contributed by atoms with van der Waals surface area (Å²) in [6, 6.07) is 16.4. The van der Waals surface area contributed by atoms with Crippen LogP contribution in [-0.2, 0) is 15.3 Å². The van der Waals surface area contributed by atoms with Crippen molar-refractivity contribution in [3.63, 3.8) is 0 Å². The van der Waals surface area contributed by atoms with Gasteiger partial charge < -0.3 is 4.42 Å². The van der Waals surface area contributed by atoms with Crippen LogP contribution in [0.1, 0.15) is 16.9 Å². The Morgan fingerprint density at radius 1 is 1.00 bits per heavy atom. The quantitative estimate of drug-likeness (QED) is 0.576.